The van der Waals surface area contributed by atoms with Crippen molar-refractivity contribution in [2.45, 2.75) is 45.8 Å². The summed E-state index contributed by atoms with van der Waals surface area (Å²) in [5.74, 6) is -0.0970. The quantitative estimate of drug-likeness (QED) is 0.745. The molecule has 5 nitrogen and oxygen atoms in total. The third-order valence-electron chi connectivity index (χ3n) is 3.03. The minimum absolute atomic E-state index is 0.0797. The van der Waals surface area contributed by atoms with Gasteiger partial charge in [-0.2, -0.15) is 0 Å². The van der Waals surface area contributed by atoms with Gasteiger partial charge in [-0.1, -0.05) is 6.92 Å². The van der Waals surface area contributed by atoms with E-state index in [0.717, 1.165) is 18.4 Å². The minimum Gasteiger partial charge on any atom is -0.490 e. The molecule has 0 heterocycles. The Balaban J connectivity index is 3.09. The van der Waals surface area contributed by atoms with Crippen molar-refractivity contribution in [2.24, 2.45) is 5.73 Å². The third-order valence-corrected chi connectivity index (χ3v) is 3.62. The average molecular weight is 360 g/mol. The van der Waals surface area contributed by atoms with Gasteiger partial charge in [0.2, 0.25) is 0 Å². The van der Waals surface area contributed by atoms with E-state index in [2.05, 4.69) is 15.9 Å². The molecular weight excluding hydrogens is 338 g/mol. The molecule has 0 saturated carbocycles. The second kappa shape index (κ2) is 8.24. The molecule has 0 aromatic heterocycles. The van der Waals surface area contributed by atoms with Crippen LogP contribution in [0.2, 0.25) is 0 Å². The van der Waals surface area contributed by atoms with Gasteiger partial charge in [0.25, 0.3) is 0 Å². The van der Waals surface area contributed by atoms with Crippen LogP contribution in [-0.2, 0) is 11.2 Å². The van der Waals surface area contributed by atoms with E-state index in [0.29, 0.717) is 22.6 Å². The minimum atomic E-state index is -1.03. The first kappa shape index (κ1) is 17.8. The fraction of sp³-hybridized carbons (Fsp3) is 0.533. The number of hydrogen-bond donors (Lipinski definition) is 2. The molecule has 2 atom stereocenters. The van der Waals surface area contributed by atoms with E-state index in [-0.39, 0.29) is 6.04 Å². The molecule has 21 heavy (non-hydrogen) atoms. The van der Waals surface area contributed by atoms with Crippen molar-refractivity contribution in [3.63, 3.8) is 0 Å². The molecule has 0 aliphatic heterocycles. The maximum Gasteiger partial charge on any atom is 0.344 e. The van der Waals surface area contributed by atoms with Crippen molar-refractivity contribution in [1.29, 1.82) is 0 Å². The van der Waals surface area contributed by atoms with E-state index in [9.17, 15) is 4.79 Å². The van der Waals surface area contributed by atoms with Gasteiger partial charge in [0.1, 0.15) is 0 Å². The van der Waals surface area contributed by atoms with E-state index in [1.807, 2.05) is 26.0 Å². The van der Waals surface area contributed by atoms with E-state index in [1.54, 1.807) is 0 Å². The summed E-state index contributed by atoms with van der Waals surface area (Å²) in [6.07, 6.45) is 0.657. The number of halogens is 1. The number of carbonyl (C=O) groups is 1. The lowest BCUT2D eigenvalue weighted by Gasteiger charge is -2.18. The molecule has 3 N–H and O–H groups in total. The fourth-order valence-electron chi connectivity index (χ4n) is 1.79. The number of benzene rings is 1. The lowest BCUT2D eigenvalue weighted by molar-refractivity contribution is -0.144. The zero-order valence-electron chi connectivity index (χ0n) is 12.6. The van der Waals surface area contributed by atoms with Gasteiger partial charge < -0.3 is 20.3 Å². The maximum atomic E-state index is 10.9. The van der Waals surface area contributed by atoms with E-state index in [4.69, 9.17) is 20.3 Å². The average Bonchev–Trinajstić information content (AvgIpc) is 2.42. The van der Waals surface area contributed by atoms with Gasteiger partial charge in [0.15, 0.2) is 17.6 Å². The van der Waals surface area contributed by atoms with Crippen LogP contribution in [0.15, 0.2) is 16.6 Å². The molecule has 0 radical (unpaired) electrons. The molecular formula is C15H22BrNO4. The van der Waals surface area contributed by atoms with Crippen molar-refractivity contribution in [3.05, 3.63) is 22.2 Å². The van der Waals surface area contributed by atoms with Crippen molar-refractivity contribution >= 4 is 21.9 Å². The summed E-state index contributed by atoms with van der Waals surface area (Å²) in [6, 6.07) is 3.83. The topological polar surface area (TPSA) is 81.8 Å². The molecule has 0 amide bonds. The first-order valence-electron chi connectivity index (χ1n) is 6.99. The Morgan fingerprint density at radius 2 is 2.10 bits per heavy atom. The lowest BCUT2D eigenvalue weighted by Crippen LogP contribution is -2.24. The molecule has 0 bridgehead atoms. The van der Waals surface area contributed by atoms with Crippen LogP contribution in [0.4, 0.5) is 0 Å². The van der Waals surface area contributed by atoms with Crippen LogP contribution in [0.25, 0.3) is 0 Å². The van der Waals surface area contributed by atoms with Crippen molar-refractivity contribution < 1.29 is 19.4 Å². The van der Waals surface area contributed by atoms with E-state index < -0.39 is 12.1 Å². The zero-order valence-corrected chi connectivity index (χ0v) is 14.1. The molecule has 1 aromatic rings. The van der Waals surface area contributed by atoms with Crippen molar-refractivity contribution in [2.75, 3.05) is 6.61 Å². The molecule has 0 aliphatic rings. The summed E-state index contributed by atoms with van der Waals surface area (Å²) in [5, 5.41) is 8.96. The molecule has 2 unspecified atom stereocenters. The number of carboxylic acid groups (broad SMARTS) is 1. The summed E-state index contributed by atoms with van der Waals surface area (Å²) in [6.45, 7) is 5.84. The lowest BCUT2D eigenvalue weighted by atomic mass is 10.0. The number of hydrogen-bond acceptors (Lipinski definition) is 4. The van der Waals surface area contributed by atoms with Gasteiger partial charge in [-0.15, -0.1) is 0 Å². The molecule has 6 heteroatoms. The molecule has 1 rings (SSSR count). The van der Waals surface area contributed by atoms with Gasteiger partial charge in [-0.25, -0.2) is 4.79 Å². The number of carboxylic acids is 1. The van der Waals surface area contributed by atoms with Gasteiger partial charge in [0.05, 0.1) is 11.1 Å². The van der Waals surface area contributed by atoms with E-state index in [1.165, 1.54) is 6.92 Å². The Labute approximate surface area is 133 Å². The Kier molecular flexibility index (Phi) is 6.98. The van der Waals surface area contributed by atoms with Crippen LogP contribution in [0.3, 0.4) is 0 Å². The maximum absolute atomic E-state index is 10.9. The van der Waals surface area contributed by atoms with E-state index >= 15 is 0 Å². The molecule has 0 saturated heterocycles. The number of aliphatic carboxylic acids is 1. The Morgan fingerprint density at radius 1 is 1.43 bits per heavy atom. The zero-order chi connectivity index (χ0) is 16.0. The number of ether oxygens (including phenoxy) is 2. The highest BCUT2D eigenvalue weighted by molar-refractivity contribution is 9.10. The Bertz CT molecular complexity index is 493. The highest BCUT2D eigenvalue weighted by atomic mass is 79.9. The first-order valence-corrected chi connectivity index (χ1v) is 7.78. The summed E-state index contributed by atoms with van der Waals surface area (Å²) in [7, 11) is 0. The predicted molar refractivity (Wildman–Crippen MR) is 85.0 cm³/mol. The highest BCUT2D eigenvalue weighted by Crippen LogP contribution is 2.38. The van der Waals surface area contributed by atoms with Gasteiger partial charge in [-0.05, 0) is 60.3 Å². The second-order valence-corrected chi connectivity index (χ2v) is 5.66. The predicted octanol–water partition coefficient (Wildman–Crippen LogP) is 2.98. The van der Waals surface area contributed by atoms with Crippen LogP contribution in [0.1, 0.15) is 32.8 Å². The number of rotatable bonds is 8. The monoisotopic (exact) mass is 359 g/mol. The molecule has 0 spiro atoms. The molecule has 0 aliphatic carbocycles. The Morgan fingerprint density at radius 3 is 2.62 bits per heavy atom. The van der Waals surface area contributed by atoms with Crippen LogP contribution in [-0.4, -0.2) is 29.8 Å². The third kappa shape index (κ3) is 5.21. The van der Waals surface area contributed by atoms with Crippen LogP contribution in [0, 0.1) is 0 Å². The van der Waals surface area contributed by atoms with Gasteiger partial charge in [-0.3, -0.25) is 0 Å². The van der Waals surface area contributed by atoms with Crippen LogP contribution >= 0.6 is 15.9 Å². The summed E-state index contributed by atoms with van der Waals surface area (Å²) in [5.41, 5.74) is 7.00. The van der Waals surface area contributed by atoms with Crippen molar-refractivity contribution in [3.8, 4) is 11.5 Å². The van der Waals surface area contributed by atoms with Crippen LogP contribution in [0.5, 0.6) is 11.5 Å². The molecule has 118 valence electrons. The van der Waals surface area contributed by atoms with Gasteiger partial charge >= 0.3 is 5.97 Å². The number of nitrogens with two attached hydrogens (primary N) is 1. The summed E-state index contributed by atoms with van der Waals surface area (Å²) >= 11 is 3.42. The standard InChI is InChI=1S/C15H22BrNO4/c1-4-11(17)6-10-7-12(16)14(13(8-10)20-5-2)21-9(3)15(18)19/h7-9,11H,4-6,17H2,1-3H3,(H,18,19). The first-order chi connectivity index (χ1) is 9.88. The second-order valence-electron chi connectivity index (χ2n) is 4.81. The summed E-state index contributed by atoms with van der Waals surface area (Å²) in [4.78, 5) is 10.9. The smallest absolute Gasteiger partial charge is 0.344 e. The highest BCUT2D eigenvalue weighted by Gasteiger charge is 2.19. The largest absolute Gasteiger partial charge is 0.490 e. The molecule has 0 fully saturated rings. The normalized spacial score (nSPS) is 13.6. The Hall–Kier alpha value is -1.27. The molecule has 1 aromatic carbocycles. The van der Waals surface area contributed by atoms with Crippen LogP contribution < -0.4 is 15.2 Å². The summed E-state index contributed by atoms with van der Waals surface area (Å²) < 4.78 is 11.7. The SMILES string of the molecule is CCOc1cc(CC(N)CC)cc(Br)c1OC(C)C(=O)O. The fourth-order valence-corrected chi connectivity index (χ4v) is 2.37. The van der Waals surface area contributed by atoms with Gasteiger partial charge in [0, 0.05) is 6.04 Å². The van der Waals surface area contributed by atoms with Crippen molar-refractivity contribution in [1.82, 2.24) is 0 Å².